The molecule has 2 amide bonds. The predicted octanol–water partition coefficient (Wildman–Crippen LogP) is 5.54. The maximum Gasteiger partial charge on any atom is 0.260 e. The molecule has 0 spiro atoms. The van der Waals surface area contributed by atoms with Crippen LogP contribution in [0, 0.1) is 0 Å². The van der Waals surface area contributed by atoms with Crippen molar-refractivity contribution < 1.29 is 33.3 Å². The van der Waals surface area contributed by atoms with E-state index in [-0.39, 0.29) is 18.4 Å². The largest absolute Gasteiger partial charge is 0.497 e. The quantitative estimate of drug-likeness (QED) is 0.308. The molecule has 1 saturated heterocycles. The van der Waals surface area contributed by atoms with Gasteiger partial charge in [0.25, 0.3) is 11.8 Å². The number of hydrogen-bond donors (Lipinski definition) is 1. The second kappa shape index (κ2) is 14.1. The number of likely N-dealkylation sites (tertiary alicyclic amines) is 1. The van der Waals surface area contributed by atoms with Crippen LogP contribution in [0.2, 0.25) is 0 Å². The summed E-state index contributed by atoms with van der Waals surface area (Å²) < 4.78 is 27.4. The number of nitrogens with zero attached hydrogens (tertiary/aromatic N) is 1. The maximum absolute atomic E-state index is 13.5. The van der Waals surface area contributed by atoms with Crippen LogP contribution in [-0.2, 0) is 4.79 Å². The molecule has 0 bridgehead atoms. The van der Waals surface area contributed by atoms with Crippen molar-refractivity contribution in [1.82, 2.24) is 4.90 Å². The van der Waals surface area contributed by atoms with Gasteiger partial charge in [0.1, 0.15) is 17.2 Å². The first-order chi connectivity index (χ1) is 19.9. The van der Waals surface area contributed by atoms with Gasteiger partial charge in [0.15, 0.2) is 18.1 Å². The Morgan fingerprint density at radius 2 is 1.46 bits per heavy atom. The summed E-state index contributed by atoms with van der Waals surface area (Å²) in [5, 5.41) is 2.91. The molecular weight excluding hydrogens is 524 g/mol. The molecule has 0 aromatic heterocycles. The van der Waals surface area contributed by atoms with E-state index in [9.17, 15) is 9.59 Å². The normalized spacial score (nSPS) is 13.0. The molecule has 0 atom stereocenters. The van der Waals surface area contributed by atoms with Gasteiger partial charge in [-0.25, -0.2) is 0 Å². The van der Waals surface area contributed by atoms with Crippen LogP contribution >= 0.6 is 0 Å². The smallest absolute Gasteiger partial charge is 0.260 e. The van der Waals surface area contributed by atoms with E-state index >= 15 is 0 Å². The summed E-state index contributed by atoms with van der Waals surface area (Å²) in [6.07, 6.45) is 6.97. The maximum atomic E-state index is 13.5. The van der Waals surface area contributed by atoms with Crippen molar-refractivity contribution in [3.8, 4) is 28.7 Å². The van der Waals surface area contributed by atoms with Gasteiger partial charge in [-0.2, -0.15) is 0 Å². The van der Waals surface area contributed by atoms with Gasteiger partial charge in [-0.1, -0.05) is 24.3 Å². The van der Waals surface area contributed by atoms with Crippen molar-refractivity contribution in [2.75, 3.05) is 53.5 Å². The monoisotopic (exact) mass is 560 g/mol. The summed E-state index contributed by atoms with van der Waals surface area (Å²) in [6, 6.07) is 16.0. The number of nitrogens with one attached hydrogen (secondary N) is 1. The highest BCUT2D eigenvalue weighted by Crippen LogP contribution is 2.33. The summed E-state index contributed by atoms with van der Waals surface area (Å²) in [5.41, 5.74) is 2.37. The third-order valence-corrected chi connectivity index (χ3v) is 6.84. The summed E-state index contributed by atoms with van der Waals surface area (Å²) in [7, 11) is 6.15. The molecule has 0 radical (unpaired) electrons. The van der Waals surface area contributed by atoms with Crippen LogP contribution < -0.4 is 29.0 Å². The summed E-state index contributed by atoms with van der Waals surface area (Å²) in [6.45, 7) is 1.63. The van der Waals surface area contributed by atoms with Gasteiger partial charge in [-0.3, -0.25) is 9.59 Å². The molecule has 0 unspecified atom stereocenters. The molecule has 1 N–H and O–H groups in total. The van der Waals surface area contributed by atoms with E-state index in [2.05, 4.69) is 5.32 Å². The van der Waals surface area contributed by atoms with E-state index < -0.39 is 0 Å². The second-order valence-corrected chi connectivity index (χ2v) is 9.45. The second-order valence-electron chi connectivity index (χ2n) is 9.45. The van der Waals surface area contributed by atoms with Crippen molar-refractivity contribution in [2.45, 2.75) is 19.3 Å². The first-order valence-corrected chi connectivity index (χ1v) is 13.4. The fourth-order valence-electron chi connectivity index (χ4n) is 4.61. The minimum Gasteiger partial charge on any atom is -0.497 e. The minimum atomic E-state index is -0.363. The first kappa shape index (κ1) is 29.3. The minimum absolute atomic E-state index is 0.0135. The lowest BCUT2D eigenvalue weighted by Crippen LogP contribution is -2.38. The van der Waals surface area contributed by atoms with Crippen molar-refractivity contribution in [2.24, 2.45) is 0 Å². The molecule has 4 rings (SSSR count). The van der Waals surface area contributed by atoms with Crippen LogP contribution in [0.1, 0.15) is 40.7 Å². The van der Waals surface area contributed by atoms with E-state index in [1.165, 1.54) is 20.6 Å². The number of carbonyl (C=O) groups is 2. The zero-order chi connectivity index (χ0) is 29.2. The van der Waals surface area contributed by atoms with Crippen LogP contribution in [0.5, 0.6) is 28.7 Å². The lowest BCUT2D eigenvalue weighted by atomic mass is 10.0. The highest BCUT2D eigenvalue weighted by atomic mass is 16.5. The third-order valence-electron chi connectivity index (χ3n) is 6.84. The van der Waals surface area contributed by atoms with Gasteiger partial charge in [-0.15, -0.1) is 0 Å². The molecule has 9 heteroatoms. The average molecular weight is 561 g/mol. The topological polar surface area (TPSA) is 95.6 Å². The summed E-state index contributed by atoms with van der Waals surface area (Å²) >= 11 is 0. The number of methoxy groups -OCH3 is 4. The fraction of sp³-hybridized carbons (Fsp3) is 0.312. The molecule has 1 aliphatic heterocycles. The molecule has 9 nitrogen and oxygen atoms in total. The third kappa shape index (κ3) is 7.51. The number of rotatable bonds is 11. The van der Waals surface area contributed by atoms with Crippen molar-refractivity contribution in [3.63, 3.8) is 0 Å². The van der Waals surface area contributed by atoms with Crippen molar-refractivity contribution in [3.05, 3.63) is 71.3 Å². The Bertz CT molecular complexity index is 1380. The number of ether oxygens (including phenoxy) is 5. The number of anilines is 1. The van der Waals surface area contributed by atoms with E-state index in [1.54, 1.807) is 44.6 Å². The molecule has 216 valence electrons. The van der Waals surface area contributed by atoms with Crippen molar-refractivity contribution >= 4 is 29.7 Å². The number of hydrogen-bond acceptors (Lipinski definition) is 7. The van der Waals surface area contributed by atoms with Crippen molar-refractivity contribution in [1.29, 1.82) is 0 Å². The molecule has 1 fully saturated rings. The molecule has 1 heterocycles. The zero-order valence-electron chi connectivity index (χ0n) is 23.9. The van der Waals surface area contributed by atoms with E-state index in [0.717, 1.165) is 31.5 Å². The Labute approximate surface area is 240 Å². The highest BCUT2D eigenvalue weighted by Gasteiger charge is 2.20. The Balaban J connectivity index is 1.51. The Kier molecular flexibility index (Phi) is 10.1. The summed E-state index contributed by atoms with van der Waals surface area (Å²) in [5.74, 6) is 2.23. The van der Waals surface area contributed by atoms with Gasteiger partial charge < -0.3 is 33.9 Å². The number of carbonyl (C=O) groups excluding carboxylic acids is 2. The SMILES string of the molecule is COc1cc(C=Cc2ccc(OCC(=O)N3CCCCC3)cc2)c(C(=O)Nc2ccc(OC)c(OC)c2)c(OC)c1. The highest BCUT2D eigenvalue weighted by molar-refractivity contribution is 6.09. The van der Waals surface area contributed by atoms with Crippen LogP contribution in [0.4, 0.5) is 5.69 Å². The molecule has 0 aliphatic carbocycles. The van der Waals surface area contributed by atoms with Gasteiger partial charge in [0.2, 0.25) is 0 Å². The number of amides is 2. The van der Waals surface area contributed by atoms with Crippen LogP contribution in [0.25, 0.3) is 12.2 Å². The Morgan fingerprint density at radius 3 is 2.12 bits per heavy atom. The predicted molar refractivity (Wildman–Crippen MR) is 158 cm³/mol. The summed E-state index contributed by atoms with van der Waals surface area (Å²) in [4.78, 5) is 27.7. The fourth-order valence-corrected chi connectivity index (χ4v) is 4.61. The lowest BCUT2D eigenvalue weighted by molar-refractivity contribution is -0.134. The van der Waals surface area contributed by atoms with Gasteiger partial charge in [0, 0.05) is 30.9 Å². The average Bonchev–Trinajstić information content (AvgIpc) is 3.02. The first-order valence-electron chi connectivity index (χ1n) is 13.4. The standard InChI is InChI=1S/C32H36N2O7/c1-37-26-18-23(11-8-22-9-13-25(14-10-22)41-21-30(35)34-16-6-5-7-17-34)31(29(20-26)40-4)32(36)33-24-12-15-27(38-2)28(19-24)39-3/h8-15,18-20H,5-7,16-17,21H2,1-4H3,(H,33,36). The molecular formula is C32H36N2O7. The van der Waals surface area contributed by atoms with E-state index in [1.807, 2.05) is 41.3 Å². The molecule has 0 saturated carbocycles. The number of piperidine rings is 1. The van der Waals surface area contributed by atoms with E-state index in [0.29, 0.717) is 45.6 Å². The number of benzene rings is 3. The van der Waals surface area contributed by atoms with Gasteiger partial charge in [0.05, 0.1) is 34.0 Å². The molecule has 3 aromatic rings. The van der Waals surface area contributed by atoms with Gasteiger partial charge >= 0.3 is 0 Å². The molecule has 3 aromatic carbocycles. The zero-order valence-corrected chi connectivity index (χ0v) is 23.9. The van der Waals surface area contributed by atoms with Gasteiger partial charge in [-0.05, 0) is 60.7 Å². The Hall–Kier alpha value is -4.66. The molecule has 1 aliphatic rings. The van der Waals surface area contributed by atoms with Crippen LogP contribution in [0.15, 0.2) is 54.6 Å². The molecule has 41 heavy (non-hydrogen) atoms. The lowest BCUT2D eigenvalue weighted by Gasteiger charge is -2.26. The van der Waals surface area contributed by atoms with Crippen LogP contribution in [0.3, 0.4) is 0 Å². The Morgan fingerprint density at radius 1 is 0.756 bits per heavy atom. The van der Waals surface area contributed by atoms with Crippen LogP contribution in [-0.4, -0.2) is 64.8 Å². The van der Waals surface area contributed by atoms with E-state index in [4.69, 9.17) is 23.7 Å².